The maximum absolute atomic E-state index is 12.4. The molecule has 0 unspecified atom stereocenters. The van der Waals surface area contributed by atoms with Crippen molar-refractivity contribution >= 4 is 27.9 Å². The Morgan fingerprint density at radius 2 is 1.66 bits per heavy atom. The number of rotatable bonds is 5. The number of hydrogen-bond donors (Lipinski definition) is 1. The maximum Gasteiger partial charge on any atom is 0.347 e. The Labute approximate surface area is 163 Å². The number of carbonyl (C=O) groups is 1. The van der Waals surface area contributed by atoms with Gasteiger partial charge >= 0.3 is 17.2 Å². The Hall–Kier alpha value is -3.71. The summed E-state index contributed by atoms with van der Waals surface area (Å²) >= 11 is 0. The molecular formula is C22H16O7. The van der Waals surface area contributed by atoms with Gasteiger partial charge in [-0.1, -0.05) is 30.3 Å². The van der Waals surface area contributed by atoms with Gasteiger partial charge in [-0.15, -0.1) is 0 Å². The second kappa shape index (κ2) is 7.73. The van der Waals surface area contributed by atoms with E-state index in [9.17, 15) is 19.5 Å². The molecule has 0 amide bonds. The van der Waals surface area contributed by atoms with Crippen molar-refractivity contribution in [2.24, 2.45) is 0 Å². The molecule has 0 saturated heterocycles. The average Bonchev–Trinajstić information content (AvgIpc) is 2.74. The lowest BCUT2D eigenvalue weighted by atomic mass is 10.1. The summed E-state index contributed by atoms with van der Waals surface area (Å²) in [5, 5.41) is 10.8. The Bertz CT molecular complexity index is 1300. The van der Waals surface area contributed by atoms with Gasteiger partial charge in [-0.2, -0.15) is 0 Å². The third-order valence-corrected chi connectivity index (χ3v) is 4.45. The largest absolute Gasteiger partial charge is 0.459 e. The van der Waals surface area contributed by atoms with Crippen molar-refractivity contribution in [3.05, 3.63) is 92.6 Å². The number of aliphatic hydroxyl groups is 1. The van der Waals surface area contributed by atoms with Crippen LogP contribution in [0.25, 0.3) is 21.9 Å². The zero-order valence-corrected chi connectivity index (χ0v) is 15.2. The number of esters is 1. The van der Waals surface area contributed by atoms with Gasteiger partial charge in [0.25, 0.3) is 0 Å². The molecule has 0 bridgehead atoms. The van der Waals surface area contributed by atoms with Crippen molar-refractivity contribution in [2.45, 2.75) is 12.5 Å². The van der Waals surface area contributed by atoms with Crippen LogP contribution in [-0.4, -0.2) is 23.8 Å². The second-order valence-electron chi connectivity index (χ2n) is 6.51. The molecule has 2 aromatic heterocycles. The Morgan fingerprint density at radius 1 is 0.931 bits per heavy atom. The van der Waals surface area contributed by atoms with Crippen molar-refractivity contribution < 1.29 is 23.5 Å². The molecule has 1 atom stereocenters. The smallest absolute Gasteiger partial charge is 0.347 e. The summed E-state index contributed by atoms with van der Waals surface area (Å²) in [5.74, 6) is -0.581. The number of fused-ring (bicyclic) bond motifs is 3. The van der Waals surface area contributed by atoms with Crippen LogP contribution in [0.5, 0.6) is 0 Å². The van der Waals surface area contributed by atoms with Crippen LogP contribution in [0.15, 0.2) is 79.1 Å². The maximum atomic E-state index is 12.4. The van der Waals surface area contributed by atoms with Crippen LogP contribution < -0.4 is 11.3 Å². The molecule has 0 aliphatic heterocycles. The third-order valence-electron chi connectivity index (χ3n) is 4.45. The molecule has 7 nitrogen and oxygen atoms in total. The minimum absolute atomic E-state index is 0.0864. The van der Waals surface area contributed by atoms with Crippen LogP contribution in [0.4, 0.5) is 0 Å². The van der Waals surface area contributed by atoms with Crippen molar-refractivity contribution in [1.29, 1.82) is 0 Å². The molecule has 1 N–H and O–H groups in total. The van der Waals surface area contributed by atoms with E-state index >= 15 is 0 Å². The van der Waals surface area contributed by atoms with Crippen LogP contribution in [0.2, 0.25) is 0 Å². The molecule has 7 heteroatoms. The number of benzene rings is 2. The first-order valence-electron chi connectivity index (χ1n) is 8.92. The Kier molecular flexibility index (Phi) is 4.97. The zero-order chi connectivity index (χ0) is 20.4. The monoisotopic (exact) mass is 392 g/mol. The standard InChI is InChI=1S/C22H16O7/c23-15(12-27-20(24)13-6-2-1-3-7-13)10-14-11-17-19(29-21(14)25)16-8-4-5-9-18(16)28-22(17)26/h1-9,11,15,23H,10,12H2/t15-/m0/s1. The lowest BCUT2D eigenvalue weighted by Crippen LogP contribution is -2.24. The van der Waals surface area contributed by atoms with E-state index in [1.165, 1.54) is 6.07 Å². The molecule has 4 rings (SSSR count). The molecule has 29 heavy (non-hydrogen) atoms. The van der Waals surface area contributed by atoms with E-state index in [4.69, 9.17) is 13.6 Å². The van der Waals surface area contributed by atoms with Gasteiger partial charge in [-0.3, -0.25) is 0 Å². The molecule has 0 radical (unpaired) electrons. The van der Waals surface area contributed by atoms with Crippen LogP contribution >= 0.6 is 0 Å². The predicted octanol–water partition coefficient (Wildman–Crippen LogP) is 2.66. The molecule has 0 spiro atoms. The SMILES string of the molecule is O=C(OC[C@@H](O)Cc1cc2c(=O)oc3ccccc3c2oc1=O)c1ccccc1. The van der Waals surface area contributed by atoms with Gasteiger partial charge in [-0.05, 0) is 30.3 Å². The Balaban J connectivity index is 1.56. The quantitative estimate of drug-likeness (QED) is 0.316. The van der Waals surface area contributed by atoms with Crippen LogP contribution in [0.1, 0.15) is 15.9 Å². The van der Waals surface area contributed by atoms with Gasteiger partial charge in [0.2, 0.25) is 0 Å². The first-order chi connectivity index (χ1) is 14.0. The zero-order valence-electron chi connectivity index (χ0n) is 15.2. The normalized spacial score (nSPS) is 12.2. The summed E-state index contributed by atoms with van der Waals surface area (Å²) in [6.07, 6.45) is -1.29. The highest BCUT2D eigenvalue weighted by Crippen LogP contribution is 2.22. The summed E-state index contributed by atoms with van der Waals surface area (Å²) in [6.45, 7) is -0.308. The number of aliphatic hydroxyl groups excluding tert-OH is 1. The number of para-hydroxylation sites is 1. The van der Waals surface area contributed by atoms with E-state index in [1.807, 2.05) is 0 Å². The number of carbonyl (C=O) groups excluding carboxylic acids is 1. The second-order valence-corrected chi connectivity index (χ2v) is 6.51. The predicted molar refractivity (Wildman–Crippen MR) is 105 cm³/mol. The van der Waals surface area contributed by atoms with E-state index in [2.05, 4.69) is 0 Å². The fourth-order valence-electron chi connectivity index (χ4n) is 3.05. The summed E-state index contributed by atoms with van der Waals surface area (Å²) in [5.41, 5.74) is -0.433. The average molecular weight is 392 g/mol. The minimum Gasteiger partial charge on any atom is -0.459 e. The van der Waals surface area contributed by atoms with Crippen LogP contribution in [0.3, 0.4) is 0 Å². The Morgan fingerprint density at radius 3 is 2.45 bits per heavy atom. The van der Waals surface area contributed by atoms with E-state index < -0.39 is 23.3 Å². The fraction of sp³-hybridized carbons (Fsp3) is 0.136. The van der Waals surface area contributed by atoms with Gasteiger partial charge in [0.15, 0.2) is 5.58 Å². The van der Waals surface area contributed by atoms with Crippen molar-refractivity contribution in [1.82, 2.24) is 0 Å². The molecule has 0 aliphatic carbocycles. The summed E-state index contributed by atoms with van der Waals surface area (Å²) < 4.78 is 15.7. The summed E-state index contributed by atoms with van der Waals surface area (Å²) in [7, 11) is 0. The first kappa shape index (κ1) is 18.6. The minimum atomic E-state index is -1.14. The number of ether oxygens (including phenoxy) is 1. The van der Waals surface area contributed by atoms with Crippen LogP contribution in [-0.2, 0) is 11.2 Å². The lowest BCUT2D eigenvalue weighted by Gasteiger charge is -2.11. The molecule has 4 aromatic rings. The fourth-order valence-corrected chi connectivity index (χ4v) is 3.05. The van der Waals surface area contributed by atoms with Gasteiger partial charge in [0.1, 0.15) is 17.6 Å². The topological polar surface area (TPSA) is 107 Å². The molecule has 2 aromatic carbocycles. The number of hydrogen-bond acceptors (Lipinski definition) is 7. The van der Waals surface area contributed by atoms with Crippen molar-refractivity contribution in [2.75, 3.05) is 6.61 Å². The highest BCUT2D eigenvalue weighted by molar-refractivity contribution is 6.00. The van der Waals surface area contributed by atoms with Gasteiger partial charge < -0.3 is 18.7 Å². The van der Waals surface area contributed by atoms with E-state index in [-0.39, 0.29) is 29.6 Å². The molecule has 2 heterocycles. The molecular weight excluding hydrogens is 376 g/mol. The van der Waals surface area contributed by atoms with E-state index in [0.717, 1.165) is 0 Å². The van der Waals surface area contributed by atoms with E-state index in [0.29, 0.717) is 16.5 Å². The van der Waals surface area contributed by atoms with Gasteiger partial charge in [-0.25, -0.2) is 14.4 Å². The van der Waals surface area contributed by atoms with Gasteiger partial charge in [0.05, 0.1) is 17.1 Å². The van der Waals surface area contributed by atoms with Crippen molar-refractivity contribution in [3.8, 4) is 0 Å². The molecule has 0 aliphatic rings. The highest BCUT2D eigenvalue weighted by Gasteiger charge is 2.17. The summed E-state index contributed by atoms with van der Waals surface area (Å²) in [4.78, 5) is 36.6. The molecule has 0 fully saturated rings. The van der Waals surface area contributed by atoms with Crippen molar-refractivity contribution in [3.63, 3.8) is 0 Å². The third kappa shape index (κ3) is 3.81. The van der Waals surface area contributed by atoms with Crippen LogP contribution in [0, 0.1) is 0 Å². The molecule has 0 saturated carbocycles. The van der Waals surface area contributed by atoms with Gasteiger partial charge in [0, 0.05) is 12.0 Å². The highest BCUT2D eigenvalue weighted by atomic mass is 16.5. The first-order valence-corrected chi connectivity index (χ1v) is 8.92. The van der Waals surface area contributed by atoms with E-state index in [1.54, 1.807) is 54.6 Å². The lowest BCUT2D eigenvalue weighted by molar-refractivity contribution is 0.0257. The molecule has 146 valence electrons. The summed E-state index contributed by atoms with van der Waals surface area (Å²) in [6, 6.07) is 16.4.